The van der Waals surface area contributed by atoms with Gasteiger partial charge in [0, 0.05) is 0 Å². The van der Waals surface area contributed by atoms with Crippen LogP contribution in [0.15, 0.2) is 35.7 Å². The van der Waals surface area contributed by atoms with Crippen molar-refractivity contribution in [3.8, 4) is 11.6 Å². The van der Waals surface area contributed by atoms with Crippen molar-refractivity contribution in [2.75, 3.05) is 0 Å². The van der Waals surface area contributed by atoms with E-state index in [1.165, 1.54) is 16.9 Å². The Balaban J connectivity index is 2.00. The third kappa shape index (κ3) is 2.62. The molecule has 0 unspecified atom stereocenters. The molecule has 1 aromatic carbocycles. The zero-order valence-corrected chi connectivity index (χ0v) is 12.7. The van der Waals surface area contributed by atoms with Crippen LogP contribution in [0, 0.1) is 0 Å². The molecular formula is C15H13ClN2OS. The molecule has 2 heterocycles. The average Bonchev–Trinajstić information content (AvgIpc) is 2.87. The molecule has 0 fully saturated rings. The van der Waals surface area contributed by atoms with Crippen LogP contribution in [-0.4, -0.2) is 9.97 Å². The Kier molecular flexibility index (Phi) is 3.59. The lowest BCUT2D eigenvalue weighted by molar-refractivity contribution is 0.467. The lowest BCUT2D eigenvalue weighted by Gasteiger charge is -2.09. The smallest absolute Gasteiger partial charge is 0.232 e. The summed E-state index contributed by atoms with van der Waals surface area (Å²) in [5.41, 5.74) is 1.23. The van der Waals surface area contributed by atoms with Gasteiger partial charge < -0.3 is 4.74 Å². The summed E-state index contributed by atoms with van der Waals surface area (Å²) >= 11 is 7.45. The highest BCUT2D eigenvalue weighted by Crippen LogP contribution is 2.32. The van der Waals surface area contributed by atoms with Crippen molar-refractivity contribution in [2.45, 2.75) is 19.8 Å². The summed E-state index contributed by atoms with van der Waals surface area (Å²) in [6.07, 6.45) is 0. The van der Waals surface area contributed by atoms with Gasteiger partial charge in [0.1, 0.15) is 10.6 Å². The van der Waals surface area contributed by atoms with Crippen molar-refractivity contribution in [1.82, 2.24) is 9.97 Å². The molecule has 3 aromatic rings. The topological polar surface area (TPSA) is 35.0 Å². The van der Waals surface area contributed by atoms with Gasteiger partial charge in [-0.05, 0) is 46.7 Å². The van der Waals surface area contributed by atoms with E-state index >= 15 is 0 Å². The summed E-state index contributed by atoms with van der Waals surface area (Å²) < 4.78 is 5.89. The fourth-order valence-corrected chi connectivity index (χ4v) is 2.90. The first kappa shape index (κ1) is 13.3. The van der Waals surface area contributed by atoms with Gasteiger partial charge in [-0.1, -0.05) is 26.0 Å². The predicted octanol–water partition coefficient (Wildman–Crippen LogP) is 5.26. The zero-order valence-electron chi connectivity index (χ0n) is 11.1. The second kappa shape index (κ2) is 5.38. The number of thiophene rings is 1. The van der Waals surface area contributed by atoms with Crippen LogP contribution >= 0.6 is 22.9 Å². The molecule has 0 saturated carbocycles. The number of hydrogen-bond donors (Lipinski definition) is 0. The Hall–Kier alpha value is -1.65. The molecule has 0 bridgehead atoms. The number of hydrogen-bond acceptors (Lipinski definition) is 4. The van der Waals surface area contributed by atoms with Gasteiger partial charge in [-0.2, -0.15) is 4.98 Å². The summed E-state index contributed by atoms with van der Waals surface area (Å²) in [5, 5.41) is 3.04. The van der Waals surface area contributed by atoms with E-state index in [0.717, 1.165) is 16.0 Å². The van der Waals surface area contributed by atoms with Crippen LogP contribution in [0.5, 0.6) is 11.6 Å². The average molecular weight is 305 g/mol. The van der Waals surface area contributed by atoms with Crippen LogP contribution in [0.1, 0.15) is 25.3 Å². The van der Waals surface area contributed by atoms with Gasteiger partial charge in [-0.3, -0.25) is 0 Å². The van der Waals surface area contributed by atoms with E-state index in [9.17, 15) is 0 Å². The summed E-state index contributed by atoms with van der Waals surface area (Å²) in [6, 6.07) is 9.96. The Morgan fingerprint density at radius 3 is 2.85 bits per heavy atom. The first-order valence-electron chi connectivity index (χ1n) is 6.32. The second-order valence-corrected chi connectivity index (χ2v) is 6.00. The van der Waals surface area contributed by atoms with E-state index in [-0.39, 0.29) is 5.28 Å². The maximum absolute atomic E-state index is 5.93. The van der Waals surface area contributed by atoms with Crippen LogP contribution in [0.2, 0.25) is 5.28 Å². The fourth-order valence-electron chi connectivity index (χ4n) is 1.93. The third-order valence-electron chi connectivity index (χ3n) is 3.00. The van der Waals surface area contributed by atoms with E-state index in [1.54, 1.807) is 0 Å². The first-order valence-corrected chi connectivity index (χ1v) is 7.58. The molecule has 0 aliphatic heterocycles. The Morgan fingerprint density at radius 2 is 2.05 bits per heavy atom. The number of fused-ring (bicyclic) bond motifs is 1. The maximum Gasteiger partial charge on any atom is 0.232 e. The summed E-state index contributed by atoms with van der Waals surface area (Å²) in [7, 11) is 0. The SMILES string of the molecule is CC(C)c1cccc(Oc2nc(Cl)nc3sccc23)c1. The van der Waals surface area contributed by atoms with Crippen LogP contribution < -0.4 is 4.74 Å². The van der Waals surface area contributed by atoms with Crippen molar-refractivity contribution in [3.05, 3.63) is 46.6 Å². The second-order valence-electron chi connectivity index (χ2n) is 4.77. The summed E-state index contributed by atoms with van der Waals surface area (Å²) in [5.74, 6) is 1.72. The lowest BCUT2D eigenvalue weighted by atomic mass is 10.0. The number of benzene rings is 1. The minimum Gasteiger partial charge on any atom is -0.438 e. The number of ether oxygens (including phenoxy) is 1. The Morgan fingerprint density at radius 1 is 1.20 bits per heavy atom. The van der Waals surface area contributed by atoms with Gasteiger partial charge in [0.05, 0.1) is 5.39 Å². The molecule has 3 nitrogen and oxygen atoms in total. The van der Waals surface area contributed by atoms with E-state index in [2.05, 4.69) is 29.9 Å². The molecule has 102 valence electrons. The number of rotatable bonds is 3. The fraction of sp³-hybridized carbons (Fsp3) is 0.200. The number of halogens is 1. The van der Waals surface area contributed by atoms with Gasteiger partial charge in [0.25, 0.3) is 0 Å². The number of aromatic nitrogens is 2. The van der Waals surface area contributed by atoms with Gasteiger partial charge in [0.15, 0.2) is 0 Å². The quantitative estimate of drug-likeness (QED) is 0.619. The van der Waals surface area contributed by atoms with Crippen molar-refractivity contribution in [3.63, 3.8) is 0 Å². The highest BCUT2D eigenvalue weighted by Gasteiger charge is 2.10. The molecule has 0 atom stereocenters. The molecule has 0 spiro atoms. The van der Waals surface area contributed by atoms with E-state index in [4.69, 9.17) is 16.3 Å². The zero-order chi connectivity index (χ0) is 14.1. The van der Waals surface area contributed by atoms with Crippen LogP contribution in [-0.2, 0) is 0 Å². The Bertz CT molecular complexity index is 754. The molecule has 5 heteroatoms. The predicted molar refractivity (Wildman–Crippen MR) is 83.0 cm³/mol. The standard InChI is InChI=1S/C15H13ClN2OS/c1-9(2)10-4-3-5-11(8-10)19-13-12-6-7-20-14(12)18-15(16)17-13/h3-9H,1-2H3. The normalized spacial score (nSPS) is 11.2. The molecule has 20 heavy (non-hydrogen) atoms. The van der Waals surface area contributed by atoms with Crippen molar-refractivity contribution >= 4 is 33.2 Å². The van der Waals surface area contributed by atoms with Crippen LogP contribution in [0.25, 0.3) is 10.2 Å². The van der Waals surface area contributed by atoms with Crippen molar-refractivity contribution < 1.29 is 4.74 Å². The van der Waals surface area contributed by atoms with Crippen molar-refractivity contribution in [1.29, 1.82) is 0 Å². The molecular weight excluding hydrogens is 292 g/mol. The Labute approximate surface area is 126 Å². The van der Waals surface area contributed by atoms with E-state index in [0.29, 0.717) is 11.8 Å². The minimum absolute atomic E-state index is 0.204. The molecule has 0 aliphatic rings. The van der Waals surface area contributed by atoms with Crippen LogP contribution in [0.3, 0.4) is 0 Å². The highest BCUT2D eigenvalue weighted by molar-refractivity contribution is 7.16. The van der Waals surface area contributed by atoms with Gasteiger partial charge in [-0.15, -0.1) is 11.3 Å². The third-order valence-corrected chi connectivity index (χ3v) is 3.98. The first-order chi connectivity index (χ1) is 9.63. The molecule has 0 amide bonds. The van der Waals surface area contributed by atoms with Gasteiger partial charge in [-0.25, -0.2) is 4.98 Å². The van der Waals surface area contributed by atoms with E-state index in [1.807, 2.05) is 29.6 Å². The van der Waals surface area contributed by atoms with Gasteiger partial charge in [0.2, 0.25) is 11.2 Å². The molecule has 0 aliphatic carbocycles. The summed E-state index contributed by atoms with van der Waals surface area (Å²) in [4.78, 5) is 9.19. The van der Waals surface area contributed by atoms with Crippen LogP contribution in [0.4, 0.5) is 0 Å². The number of nitrogens with zero attached hydrogens (tertiary/aromatic N) is 2. The molecule has 0 N–H and O–H groups in total. The largest absolute Gasteiger partial charge is 0.438 e. The minimum atomic E-state index is 0.204. The molecule has 0 radical (unpaired) electrons. The van der Waals surface area contributed by atoms with E-state index < -0.39 is 0 Å². The highest BCUT2D eigenvalue weighted by atomic mass is 35.5. The summed E-state index contributed by atoms with van der Waals surface area (Å²) in [6.45, 7) is 4.30. The monoisotopic (exact) mass is 304 g/mol. The van der Waals surface area contributed by atoms with Crippen molar-refractivity contribution in [2.24, 2.45) is 0 Å². The molecule has 2 aromatic heterocycles. The maximum atomic E-state index is 5.93. The van der Waals surface area contributed by atoms with Gasteiger partial charge >= 0.3 is 0 Å². The molecule has 0 saturated heterocycles. The lowest BCUT2D eigenvalue weighted by Crippen LogP contribution is -1.93. The molecule has 3 rings (SSSR count).